The van der Waals surface area contributed by atoms with Gasteiger partial charge >= 0.3 is 0 Å². The van der Waals surface area contributed by atoms with Gasteiger partial charge < -0.3 is 33.5 Å². The second kappa shape index (κ2) is 14.2. The number of hydrogen-bond donors (Lipinski definition) is 1. The molecule has 2 rings (SSSR count). The summed E-state index contributed by atoms with van der Waals surface area (Å²) >= 11 is 0. The molecule has 0 radical (unpaired) electrons. The van der Waals surface area contributed by atoms with Gasteiger partial charge in [-0.05, 0) is 42.5 Å². The van der Waals surface area contributed by atoms with E-state index in [-0.39, 0.29) is 37.4 Å². The van der Waals surface area contributed by atoms with Crippen molar-refractivity contribution in [2.75, 3.05) is 41.7 Å². The van der Waals surface area contributed by atoms with E-state index in [4.69, 9.17) is 28.4 Å². The summed E-state index contributed by atoms with van der Waals surface area (Å²) in [5.74, 6) is 1.04. The van der Waals surface area contributed by atoms with Crippen LogP contribution in [0.5, 0.6) is 23.0 Å². The predicted octanol–water partition coefficient (Wildman–Crippen LogP) is 4.83. The second-order valence-electron chi connectivity index (χ2n) is 7.93. The van der Waals surface area contributed by atoms with Crippen molar-refractivity contribution in [2.24, 2.45) is 5.92 Å². The minimum atomic E-state index is -0.410. The molecule has 0 heterocycles. The summed E-state index contributed by atoms with van der Waals surface area (Å²) < 4.78 is 31.6. The predicted molar refractivity (Wildman–Crippen MR) is 129 cm³/mol. The molecule has 0 aromatic heterocycles. The van der Waals surface area contributed by atoms with Crippen LogP contribution in [-0.4, -0.2) is 52.6 Å². The summed E-state index contributed by atoms with van der Waals surface area (Å²) in [6, 6.07) is 8.77. The fraction of sp³-hybridized carbons (Fsp3) is 0.423. The molecule has 0 unspecified atom stereocenters. The highest BCUT2D eigenvalue weighted by atomic mass is 16.7. The molecule has 2 aromatic carbocycles. The first kappa shape index (κ1) is 27.2. The van der Waals surface area contributed by atoms with E-state index >= 15 is 0 Å². The Hall–Kier alpha value is -3.07. The average molecular weight is 475 g/mol. The van der Waals surface area contributed by atoms with Crippen LogP contribution in [0.4, 0.5) is 0 Å². The van der Waals surface area contributed by atoms with Crippen LogP contribution in [0.1, 0.15) is 41.8 Å². The van der Waals surface area contributed by atoms with Crippen LogP contribution in [0.25, 0.3) is 6.08 Å². The lowest BCUT2D eigenvalue weighted by Gasteiger charge is -2.19. The maximum atomic E-state index is 13.2. The highest BCUT2D eigenvalue weighted by molar-refractivity contribution is 6.11. The summed E-state index contributed by atoms with van der Waals surface area (Å²) in [6.45, 7) is 4.23. The zero-order valence-electron chi connectivity index (χ0n) is 20.5. The third-order valence-electron chi connectivity index (χ3n) is 4.86. The molecule has 0 aliphatic rings. The smallest absolute Gasteiger partial charge is 0.193 e. The number of allylic oxidation sites excluding steroid dienone is 1. The first-order valence-electron chi connectivity index (χ1n) is 11.0. The van der Waals surface area contributed by atoms with E-state index in [1.54, 1.807) is 31.4 Å². The second-order valence-corrected chi connectivity index (χ2v) is 7.93. The number of aromatic hydroxyl groups is 1. The van der Waals surface area contributed by atoms with Crippen LogP contribution in [0.2, 0.25) is 0 Å². The third kappa shape index (κ3) is 8.06. The van der Waals surface area contributed by atoms with Crippen LogP contribution in [0.3, 0.4) is 0 Å². The van der Waals surface area contributed by atoms with E-state index in [0.717, 1.165) is 12.0 Å². The van der Waals surface area contributed by atoms with Gasteiger partial charge in [0.05, 0.1) is 0 Å². The van der Waals surface area contributed by atoms with E-state index in [9.17, 15) is 9.90 Å². The summed E-state index contributed by atoms with van der Waals surface area (Å²) in [4.78, 5) is 13.2. The minimum absolute atomic E-state index is 0.00484. The number of carbonyl (C=O) groups is 1. The Bertz CT molecular complexity index is 935. The topological polar surface area (TPSA) is 92.7 Å². The molecule has 1 N–H and O–H groups in total. The molecule has 0 aliphatic heterocycles. The molecule has 186 valence electrons. The van der Waals surface area contributed by atoms with Crippen molar-refractivity contribution in [3.8, 4) is 23.0 Å². The van der Waals surface area contributed by atoms with Gasteiger partial charge in [0.2, 0.25) is 0 Å². The molecule has 0 aliphatic carbocycles. The molecule has 2 aromatic rings. The monoisotopic (exact) mass is 474 g/mol. The van der Waals surface area contributed by atoms with Crippen molar-refractivity contribution in [3.05, 3.63) is 53.1 Å². The summed E-state index contributed by atoms with van der Waals surface area (Å²) in [6.07, 6.45) is 4.38. The lowest BCUT2D eigenvalue weighted by atomic mass is 9.96. The van der Waals surface area contributed by atoms with E-state index in [2.05, 4.69) is 13.8 Å². The highest BCUT2D eigenvalue weighted by Gasteiger charge is 2.24. The number of methoxy groups -OCH3 is 3. The summed E-state index contributed by atoms with van der Waals surface area (Å²) in [5, 5.41) is 11.1. The number of carbonyl (C=O) groups excluding carboxylic acids is 1. The number of phenolic OH excluding ortho intramolecular Hbond substituents is 1. The molecule has 34 heavy (non-hydrogen) atoms. The molecule has 0 spiro atoms. The fourth-order valence-corrected chi connectivity index (χ4v) is 3.12. The molecule has 0 saturated heterocycles. The van der Waals surface area contributed by atoms with Gasteiger partial charge in [-0.1, -0.05) is 32.1 Å². The van der Waals surface area contributed by atoms with Crippen LogP contribution in [-0.2, 0) is 20.6 Å². The van der Waals surface area contributed by atoms with Gasteiger partial charge in [-0.25, -0.2) is 0 Å². The summed E-state index contributed by atoms with van der Waals surface area (Å²) in [7, 11) is 4.53. The molecule has 0 amide bonds. The zero-order chi connectivity index (χ0) is 24.9. The normalized spacial score (nSPS) is 11.2. The quantitative estimate of drug-likeness (QED) is 0.223. The SMILES string of the molecule is COCOc1ccc(C=CC(=O)c2c(OCOC)cc(OCOC)c(CCC(C)C)c2O)cc1. The maximum absolute atomic E-state index is 13.2. The van der Waals surface area contributed by atoms with E-state index < -0.39 is 5.78 Å². The number of benzene rings is 2. The Morgan fingerprint density at radius 3 is 2.09 bits per heavy atom. The molecular weight excluding hydrogens is 440 g/mol. The Morgan fingerprint density at radius 2 is 1.50 bits per heavy atom. The Labute approximate surface area is 201 Å². The van der Waals surface area contributed by atoms with Gasteiger partial charge in [0.15, 0.2) is 26.2 Å². The first-order chi connectivity index (χ1) is 16.4. The molecular formula is C26H34O8. The molecule has 8 heteroatoms. The van der Waals surface area contributed by atoms with Gasteiger partial charge in [0.25, 0.3) is 0 Å². The van der Waals surface area contributed by atoms with Gasteiger partial charge in [0.1, 0.15) is 28.6 Å². The highest BCUT2D eigenvalue weighted by Crippen LogP contribution is 2.40. The number of rotatable bonds is 15. The summed E-state index contributed by atoms with van der Waals surface area (Å²) in [5.41, 5.74) is 1.38. The van der Waals surface area contributed by atoms with Crippen molar-refractivity contribution in [1.29, 1.82) is 0 Å². The Morgan fingerprint density at radius 1 is 0.912 bits per heavy atom. The average Bonchev–Trinajstić information content (AvgIpc) is 2.83. The molecule has 0 atom stereocenters. The first-order valence-corrected chi connectivity index (χ1v) is 11.0. The number of hydrogen-bond acceptors (Lipinski definition) is 8. The fourth-order valence-electron chi connectivity index (χ4n) is 3.12. The molecule has 0 bridgehead atoms. The number of ether oxygens (including phenoxy) is 6. The van der Waals surface area contributed by atoms with Crippen molar-refractivity contribution < 1.29 is 38.3 Å². The number of ketones is 1. The van der Waals surface area contributed by atoms with E-state index in [1.165, 1.54) is 20.3 Å². The molecule has 8 nitrogen and oxygen atoms in total. The lowest BCUT2D eigenvalue weighted by Crippen LogP contribution is -2.10. The Kier molecular flexibility index (Phi) is 11.4. The van der Waals surface area contributed by atoms with Gasteiger partial charge in [-0.15, -0.1) is 0 Å². The van der Waals surface area contributed by atoms with Crippen LogP contribution < -0.4 is 14.2 Å². The molecule has 0 saturated carbocycles. The van der Waals surface area contributed by atoms with E-state index in [0.29, 0.717) is 29.4 Å². The largest absolute Gasteiger partial charge is 0.507 e. The van der Waals surface area contributed by atoms with Crippen molar-refractivity contribution >= 4 is 11.9 Å². The number of phenols is 1. The Balaban J connectivity index is 2.39. The maximum Gasteiger partial charge on any atom is 0.193 e. The van der Waals surface area contributed by atoms with E-state index in [1.807, 2.05) is 12.1 Å². The van der Waals surface area contributed by atoms with Crippen molar-refractivity contribution in [1.82, 2.24) is 0 Å². The minimum Gasteiger partial charge on any atom is -0.507 e. The lowest BCUT2D eigenvalue weighted by molar-refractivity contribution is 0.0448. The van der Waals surface area contributed by atoms with Gasteiger partial charge in [-0.2, -0.15) is 0 Å². The molecule has 0 fully saturated rings. The van der Waals surface area contributed by atoms with Gasteiger partial charge in [-0.3, -0.25) is 4.79 Å². The standard InChI is InChI=1S/C26H34O8/c1-18(2)6-12-21-23(33-16-30-4)14-24(34-17-31-5)25(26(21)28)22(27)13-9-19-7-10-20(11-8-19)32-15-29-3/h7-11,13-14,18,28H,6,12,15-17H2,1-5H3. The van der Waals surface area contributed by atoms with Gasteiger partial charge in [0, 0.05) is 33.0 Å². The van der Waals surface area contributed by atoms with Crippen LogP contribution in [0.15, 0.2) is 36.4 Å². The van der Waals surface area contributed by atoms with Crippen molar-refractivity contribution in [3.63, 3.8) is 0 Å². The van der Waals surface area contributed by atoms with Crippen molar-refractivity contribution in [2.45, 2.75) is 26.7 Å². The zero-order valence-corrected chi connectivity index (χ0v) is 20.5. The third-order valence-corrected chi connectivity index (χ3v) is 4.86. The van der Waals surface area contributed by atoms with Crippen LogP contribution in [0, 0.1) is 5.92 Å². The van der Waals surface area contributed by atoms with Crippen LogP contribution >= 0.6 is 0 Å².